The normalized spacial score (nSPS) is 11.0. The van der Waals surface area contributed by atoms with Crippen LogP contribution in [0.4, 0.5) is 0 Å². The number of pyridine rings is 1. The number of aryl methyl sites for hydroxylation is 2. The Balaban J connectivity index is 2.13. The van der Waals surface area contributed by atoms with Crippen molar-refractivity contribution >= 4 is 22.5 Å². The van der Waals surface area contributed by atoms with Crippen LogP contribution in [0.5, 0.6) is 11.6 Å². The number of hydrogen-bond donors (Lipinski definition) is 1. The number of aromatic nitrogens is 3. The number of ether oxygens (including phenoxy) is 1. The first kappa shape index (κ1) is 13.9. The van der Waals surface area contributed by atoms with Gasteiger partial charge in [0.2, 0.25) is 5.88 Å². The molecule has 21 heavy (non-hydrogen) atoms. The fourth-order valence-corrected chi connectivity index (χ4v) is 2.56. The number of fused-ring (bicyclic) bond motifs is 1. The molecule has 3 rings (SSSR count). The molecular formula is C15H15ClN4O. The molecule has 6 heteroatoms. The van der Waals surface area contributed by atoms with Gasteiger partial charge in [-0.05, 0) is 31.2 Å². The van der Waals surface area contributed by atoms with E-state index < -0.39 is 0 Å². The highest BCUT2D eigenvalue weighted by atomic mass is 35.5. The molecule has 0 amide bonds. The van der Waals surface area contributed by atoms with Crippen molar-refractivity contribution < 1.29 is 4.74 Å². The van der Waals surface area contributed by atoms with E-state index in [-0.39, 0.29) is 0 Å². The van der Waals surface area contributed by atoms with Crippen molar-refractivity contribution in [1.82, 2.24) is 14.8 Å². The fourth-order valence-electron chi connectivity index (χ4n) is 2.34. The number of nitrogens with zero attached hydrogens (tertiary/aromatic N) is 3. The van der Waals surface area contributed by atoms with Crippen LogP contribution in [0, 0.1) is 6.92 Å². The summed E-state index contributed by atoms with van der Waals surface area (Å²) in [5, 5.41) is 5.84. The van der Waals surface area contributed by atoms with E-state index in [1.807, 2.05) is 26.1 Å². The predicted octanol–water partition coefficient (Wildman–Crippen LogP) is 3.18. The molecule has 5 nitrogen and oxygen atoms in total. The largest absolute Gasteiger partial charge is 0.437 e. The minimum absolute atomic E-state index is 0.369. The molecule has 0 saturated carbocycles. The van der Waals surface area contributed by atoms with E-state index in [0.29, 0.717) is 28.7 Å². The summed E-state index contributed by atoms with van der Waals surface area (Å²) in [7, 11) is 1.83. The van der Waals surface area contributed by atoms with Crippen LogP contribution in [-0.2, 0) is 13.6 Å². The molecule has 3 aromatic rings. The first-order valence-electron chi connectivity index (χ1n) is 6.55. The van der Waals surface area contributed by atoms with Gasteiger partial charge in [-0.15, -0.1) is 0 Å². The highest BCUT2D eigenvalue weighted by molar-refractivity contribution is 6.35. The summed E-state index contributed by atoms with van der Waals surface area (Å²) in [5.74, 6) is 1.26. The van der Waals surface area contributed by atoms with E-state index in [4.69, 9.17) is 22.1 Å². The van der Waals surface area contributed by atoms with Gasteiger partial charge in [-0.1, -0.05) is 11.6 Å². The summed E-state index contributed by atoms with van der Waals surface area (Å²) in [4.78, 5) is 4.36. The van der Waals surface area contributed by atoms with Crippen molar-refractivity contribution in [3.05, 3.63) is 46.7 Å². The Labute approximate surface area is 127 Å². The molecule has 2 aromatic heterocycles. The molecule has 0 radical (unpaired) electrons. The molecule has 0 unspecified atom stereocenters. The monoisotopic (exact) mass is 302 g/mol. The van der Waals surface area contributed by atoms with Crippen molar-refractivity contribution in [3.8, 4) is 11.6 Å². The van der Waals surface area contributed by atoms with Gasteiger partial charge in [0.1, 0.15) is 5.52 Å². The van der Waals surface area contributed by atoms with E-state index in [1.165, 1.54) is 0 Å². The molecule has 2 heterocycles. The lowest BCUT2D eigenvalue weighted by atomic mass is 10.2. The van der Waals surface area contributed by atoms with Crippen molar-refractivity contribution in [2.45, 2.75) is 13.5 Å². The summed E-state index contributed by atoms with van der Waals surface area (Å²) < 4.78 is 7.70. The van der Waals surface area contributed by atoms with Gasteiger partial charge in [0.25, 0.3) is 0 Å². The third kappa shape index (κ3) is 2.34. The summed E-state index contributed by atoms with van der Waals surface area (Å²) in [6.45, 7) is 2.28. The van der Waals surface area contributed by atoms with Crippen LogP contribution in [-0.4, -0.2) is 14.8 Å². The number of benzene rings is 1. The topological polar surface area (TPSA) is 66.0 Å². The van der Waals surface area contributed by atoms with Gasteiger partial charge < -0.3 is 10.5 Å². The third-order valence-electron chi connectivity index (χ3n) is 3.38. The average Bonchev–Trinajstić information content (AvgIpc) is 2.76. The van der Waals surface area contributed by atoms with Crippen LogP contribution in [0.15, 0.2) is 30.5 Å². The van der Waals surface area contributed by atoms with E-state index in [1.54, 1.807) is 23.0 Å². The minimum atomic E-state index is 0.369. The number of hydrogen-bond acceptors (Lipinski definition) is 4. The first-order chi connectivity index (χ1) is 10.1. The fraction of sp³-hybridized carbons (Fsp3) is 0.200. The molecule has 108 valence electrons. The van der Waals surface area contributed by atoms with Crippen LogP contribution < -0.4 is 10.5 Å². The van der Waals surface area contributed by atoms with Gasteiger partial charge in [0.05, 0.1) is 16.3 Å². The second-order valence-electron chi connectivity index (χ2n) is 4.74. The molecule has 0 aliphatic carbocycles. The Morgan fingerprint density at radius 1 is 1.33 bits per heavy atom. The standard InChI is InChI=1S/C15H15ClN4O/c1-9-11(8-17)15(20(2)19-9)21-13-6-5-12(16)10-4-3-7-18-14(10)13/h3-7H,8,17H2,1-2H3. The summed E-state index contributed by atoms with van der Waals surface area (Å²) in [6, 6.07) is 7.36. The summed E-state index contributed by atoms with van der Waals surface area (Å²) in [6.07, 6.45) is 1.71. The number of halogens is 1. The van der Waals surface area contributed by atoms with E-state index in [2.05, 4.69) is 10.1 Å². The zero-order valence-corrected chi connectivity index (χ0v) is 12.6. The van der Waals surface area contributed by atoms with Gasteiger partial charge in [-0.3, -0.25) is 4.98 Å². The van der Waals surface area contributed by atoms with Crippen LogP contribution in [0.3, 0.4) is 0 Å². The Hall–Kier alpha value is -2.11. The number of rotatable bonds is 3. The Morgan fingerprint density at radius 3 is 2.90 bits per heavy atom. The molecular weight excluding hydrogens is 288 g/mol. The zero-order valence-electron chi connectivity index (χ0n) is 11.8. The molecule has 0 atom stereocenters. The highest BCUT2D eigenvalue weighted by Crippen LogP contribution is 2.34. The Bertz CT molecular complexity index is 813. The van der Waals surface area contributed by atoms with Crippen LogP contribution in [0.1, 0.15) is 11.3 Å². The molecule has 1 aromatic carbocycles. The maximum absolute atomic E-state index is 6.19. The van der Waals surface area contributed by atoms with Gasteiger partial charge >= 0.3 is 0 Å². The zero-order chi connectivity index (χ0) is 15.0. The lowest BCUT2D eigenvalue weighted by molar-refractivity contribution is 0.429. The van der Waals surface area contributed by atoms with E-state index >= 15 is 0 Å². The maximum Gasteiger partial charge on any atom is 0.222 e. The lowest BCUT2D eigenvalue weighted by Crippen LogP contribution is -2.01. The SMILES string of the molecule is Cc1nn(C)c(Oc2ccc(Cl)c3cccnc23)c1CN. The quantitative estimate of drug-likeness (QED) is 0.807. The minimum Gasteiger partial charge on any atom is -0.437 e. The van der Waals surface area contributed by atoms with Crippen molar-refractivity contribution in [3.63, 3.8) is 0 Å². The van der Waals surface area contributed by atoms with Gasteiger partial charge in [0, 0.05) is 25.2 Å². The molecule has 0 aliphatic rings. The maximum atomic E-state index is 6.19. The lowest BCUT2D eigenvalue weighted by Gasteiger charge is -2.10. The van der Waals surface area contributed by atoms with Gasteiger partial charge in [-0.2, -0.15) is 5.10 Å². The highest BCUT2D eigenvalue weighted by Gasteiger charge is 2.16. The van der Waals surface area contributed by atoms with Gasteiger partial charge in [-0.25, -0.2) is 4.68 Å². The number of nitrogens with two attached hydrogens (primary N) is 1. The predicted molar refractivity (Wildman–Crippen MR) is 82.7 cm³/mol. The Morgan fingerprint density at radius 2 is 2.14 bits per heavy atom. The smallest absolute Gasteiger partial charge is 0.222 e. The third-order valence-corrected chi connectivity index (χ3v) is 3.71. The molecule has 0 bridgehead atoms. The first-order valence-corrected chi connectivity index (χ1v) is 6.93. The van der Waals surface area contributed by atoms with Crippen molar-refractivity contribution in [2.75, 3.05) is 0 Å². The van der Waals surface area contributed by atoms with E-state index in [0.717, 1.165) is 16.6 Å². The second-order valence-corrected chi connectivity index (χ2v) is 5.15. The second kappa shape index (κ2) is 5.35. The molecule has 0 fully saturated rings. The van der Waals surface area contributed by atoms with Crippen LogP contribution in [0.2, 0.25) is 5.02 Å². The summed E-state index contributed by atoms with van der Waals surface area (Å²) >= 11 is 6.19. The van der Waals surface area contributed by atoms with Crippen molar-refractivity contribution in [2.24, 2.45) is 12.8 Å². The van der Waals surface area contributed by atoms with Crippen molar-refractivity contribution in [1.29, 1.82) is 0 Å². The summed E-state index contributed by atoms with van der Waals surface area (Å²) in [5.41, 5.74) is 8.25. The average molecular weight is 303 g/mol. The van der Waals surface area contributed by atoms with Gasteiger partial charge in [0.15, 0.2) is 5.75 Å². The van der Waals surface area contributed by atoms with Crippen LogP contribution >= 0.6 is 11.6 Å². The molecule has 0 spiro atoms. The van der Waals surface area contributed by atoms with E-state index in [9.17, 15) is 0 Å². The van der Waals surface area contributed by atoms with Crippen LogP contribution in [0.25, 0.3) is 10.9 Å². The Kier molecular flexibility index (Phi) is 3.53. The molecule has 0 saturated heterocycles. The molecule has 2 N–H and O–H groups in total. The molecule has 0 aliphatic heterocycles.